The van der Waals surface area contributed by atoms with Gasteiger partial charge < -0.3 is 24.4 Å². The zero-order valence-corrected chi connectivity index (χ0v) is 17.3. The zero-order valence-electron chi connectivity index (χ0n) is 17.3. The van der Waals surface area contributed by atoms with Crippen molar-refractivity contribution in [1.82, 2.24) is 10.2 Å². The van der Waals surface area contributed by atoms with Gasteiger partial charge in [-0.25, -0.2) is 0 Å². The van der Waals surface area contributed by atoms with E-state index in [1.54, 1.807) is 21.3 Å². The predicted molar refractivity (Wildman–Crippen MR) is 107 cm³/mol. The van der Waals surface area contributed by atoms with E-state index >= 15 is 0 Å². The molecule has 26 heavy (non-hydrogen) atoms. The van der Waals surface area contributed by atoms with Gasteiger partial charge in [-0.05, 0) is 31.4 Å². The third kappa shape index (κ3) is 6.75. The van der Waals surface area contributed by atoms with E-state index in [1.807, 2.05) is 32.2 Å². The lowest BCUT2D eigenvalue weighted by Crippen LogP contribution is -2.40. The molecule has 0 aliphatic rings. The highest BCUT2D eigenvalue weighted by atomic mass is 16.5. The molecule has 1 aromatic carbocycles. The fourth-order valence-electron chi connectivity index (χ4n) is 2.85. The van der Waals surface area contributed by atoms with E-state index in [0.29, 0.717) is 12.5 Å². The Labute approximate surface area is 158 Å². The maximum Gasteiger partial charge on any atom is 0.193 e. The van der Waals surface area contributed by atoms with Gasteiger partial charge in [0.2, 0.25) is 0 Å². The lowest BCUT2D eigenvalue weighted by molar-refractivity contribution is 0.0257. The van der Waals surface area contributed by atoms with Crippen molar-refractivity contribution in [3.05, 3.63) is 23.8 Å². The molecule has 1 N–H and O–H groups in total. The molecule has 0 aliphatic heterocycles. The van der Waals surface area contributed by atoms with Gasteiger partial charge in [-0.15, -0.1) is 0 Å². The van der Waals surface area contributed by atoms with Crippen LogP contribution in [0.1, 0.15) is 32.8 Å². The van der Waals surface area contributed by atoms with Crippen molar-refractivity contribution in [3.63, 3.8) is 0 Å². The lowest BCUT2D eigenvalue weighted by atomic mass is 10.0. The molecule has 0 amide bonds. The summed E-state index contributed by atoms with van der Waals surface area (Å²) in [6.07, 6.45) is 1.21. The van der Waals surface area contributed by atoms with Crippen LogP contribution in [0.4, 0.5) is 0 Å². The first kappa shape index (κ1) is 22.1. The Morgan fingerprint density at radius 3 is 2.50 bits per heavy atom. The van der Waals surface area contributed by atoms with Gasteiger partial charge in [-0.1, -0.05) is 13.8 Å². The standard InChI is InChI=1S/C20H35N3O3/c1-8-26-18(15(2)3)11-12-22-20(21-4)23(5)14-16-9-10-17(24-6)13-19(16)25-7/h9-10,13,15,18H,8,11-12,14H2,1-7H3,(H,21,22). The van der Waals surface area contributed by atoms with Crippen molar-refractivity contribution in [3.8, 4) is 11.5 Å². The molecule has 0 bridgehead atoms. The molecule has 6 heteroatoms. The normalized spacial score (nSPS) is 12.8. The Morgan fingerprint density at radius 1 is 1.23 bits per heavy atom. The summed E-state index contributed by atoms with van der Waals surface area (Å²) in [5, 5.41) is 3.42. The topological polar surface area (TPSA) is 55.3 Å². The SMILES string of the molecule is CCOC(CCNC(=NC)N(C)Cc1ccc(OC)cc1OC)C(C)C. The van der Waals surface area contributed by atoms with E-state index in [-0.39, 0.29) is 6.10 Å². The van der Waals surface area contributed by atoms with Gasteiger partial charge in [0.15, 0.2) is 5.96 Å². The van der Waals surface area contributed by atoms with Crippen LogP contribution < -0.4 is 14.8 Å². The summed E-state index contributed by atoms with van der Waals surface area (Å²) in [4.78, 5) is 6.46. The van der Waals surface area contributed by atoms with E-state index in [2.05, 4.69) is 29.1 Å². The first-order valence-electron chi connectivity index (χ1n) is 9.21. The van der Waals surface area contributed by atoms with Gasteiger partial charge >= 0.3 is 0 Å². The van der Waals surface area contributed by atoms with Crippen LogP contribution >= 0.6 is 0 Å². The van der Waals surface area contributed by atoms with E-state index in [0.717, 1.165) is 42.6 Å². The summed E-state index contributed by atoms with van der Waals surface area (Å²) in [5.41, 5.74) is 1.08. The van der Waals surface area contributed by atoms with Crippen molar-refractivity contribution < 1.29 is 14.2 Å². The van der Waals surface area contributed by atoms with Crippen LogP contribution in [0.2, 0.25) is 0 Å². The maximum atomic E-state index is 5.81. The summed E-state index contributed by atoms with van der Waals surface area (Å²) in [7, 11) is 7.14. The number of guanidine groups is 1. The van der Waals surface area contributed by atoms with E-state index < -0.39 is 0 Å². The van der Waals surface area contributed by atoms with Crippen molar-refractivity contribution >= 4 is 5.96 Å². The highest BCUT2D eigenvalue weighted by Crippen LogP contribution is 2.25. The van der Waals surface area contributed by atoms with Crippen LogP contribution in [-0.2, 0) is 11.3 Å². The molecule has 1 aromatic rings. The highest BCUT2D eigenvalue weighted by Gasteiger charge is 2.15. The molecule has 0 heterocycles. The minimum Gasteiger partial charge on any atom is -0.497 e. The van der Waals surface area contributed by atoms with Gasteiger partial charge in [0.1, 0.15) is 11.5 Å². The number of aliphatic imine (C=N–C) groups is 1. The summed E-state index contributed by atoms with van der Waals surface area (Å²) in [6, 6.07) is 5.86. The average molecular weight is 366 g/mol. The summed E-state index contributed by atoms with van der Waals surface area (Å²) in [5.74, 6) is 2.94. The average Bonchev–Trinajstić information content (AvgIpc) is 2.64. The molecule has 0 saturated carbocycles. The maximum absolute atomic E-state index is 5.81. The van der Waals surface area contributed by atoms with Crippen LogP contribution in [0.3, 0.4) is 0 Å². The number of ether oxygens (including phenoxy) is 3. The molecule has 1 rings (SSSR count). The van der Waals surface area contributed by atoms with Crippen LogP contribution in [0, 0.1) is 5.92 Å². The largest absolute Gasteiger partial charge is 0.497 e. The molecule has 0 saturated heterocycles. The van der Waals surface area contributed by atoms with Crippen LogP contribution in [0.15, 0.2) is 23.2 Å². The number of hydrogen-bond donors (Lipinski definition) is 1. The number of benzene rings is 1. The van der Waals surface area contributed by atoms with Gasteiger partial charge in [-0.3, -0.25) is 4.99 Å². The highest BCUT2D eigenvalue weighted by molar-refractivity contribution is 5.79. The molecule has 0 aromatic heterocycles. The molecule has 0 fully saturated rings. The van der Waals surface area contributed by atoms with Crippen molar-refractivity contribution in [2.75, 3.05) is 41.5 Å². The molecule has 0 aliphatic carbocycles. The van der Waals surface area contributed by atoms with Crippen molar-refractivity contribution in [1.29, 1.82) is 0 Å². The Morgan fingerprint density at radius 2 is 1.96 bits per heavy atom. The van der Waals surface area contributed by atoms with Gasteiger partial charge in [-0.2, -0.15) is 0 Å². The molecule has 1 atom stereocenters. The Kier molecular flexibility index (Phi) is 9.88. The fourth-order valence-corrected chi connectivity index (χ4v) is 2.85. The third-order valence-electron chi connectivity index (χ3n) is 4.31. The minimum absolute atomic E-state index is 0.262. The lowest BCUT2D eigenvalue weighted by Gasteiger charge is -2.25. The Bertz CT molecular complexity index is 561. The molecular weight excluding hydrogens is 330 g/mol. The first-order valence-corrected chi connectivity index (χ1v) is 9.21. The van der Waals surface area contributed by atoms with Crippen LogP contribution in [0.25, 0.3) is 0 Å². The molecule has 1 unspecified atom stereocenters. The summed E-state index contributed by atoms with van der Waals surface area (Å²) >= 11 is 0. The number of nitrogens with one attached hydrogen (secondary N) is 1. The summed E-state index contributed by atoms with van der Waals surface area (Å²) < 4.78 is 16.5. The van der Waals surface area contributed by atoms with Gasteiger partial charge in [0, 0.05) is 45.4 Å². The van der Waals surface area contributed by atoms with Crippen LogP contribution in [-0.4, -0.2) is 58.4 Å². The Balaban J connectivity index is 2.65. The smallest absolute Gasteiger partial charge is 0.193 e. The van der Waals surface area contributed by atoms with E-state index in [1.165, 1.54) is 0 Å². The summed E-state index contributed by atoms with van der Waals surface area (Å²) in [6.45, 7) is 8.67. The number of nitrogens with zero attached hydrogens (tertiary/aromatic N) is 2. The fraction of sp³-hybridized carbons (Fsp3) is 0.650. The van der Waals surface area contributed by atoms with Crippen LogP contribution in [0.5, 0.6) is 11.5 Å². The minimum atomic E-state index is 0.262. The Hall–Kier alpha value is -1.95. The quantitative estimate of drug-likeness (QED) is 0.510. The predicted octanol–water partition coefficient (Wildman–Crippen LogP) is 3.16. The first-order chi connectivity index (χ1) is 12.5. The van der Waals surface area contributed by atoms with Crippen molar-refractivity contribution in [2.24, 2.45) is 10.9 Å². The second-order valence-electron chi connectivity index (χ2n) is 6.53. The van der Waals surface area contributed by atoms with Gasteiger partial charge in [0.05, 0.1) is 20.3 Å². The molecule has 0 radical (unpaired) electrons. The van der Waals surface area contributed by atoms with E-state index in [9.17, 15) is 0 Å². The number of hydrogen-bond acceptors (Lipinski definition) is 4. The molecule has 6 nitrogen and oxygen atoms in total. The molecule has 0 spiro atoms. The second kappa shape index (κ2) is 11.6. The van der Waals surface area contributed by atoms with E-state index in [4.69, 9.17) is 14.2 Å². The van der Waals surface area contributed by atoms with Gasteiger partial charge in [0.25, 0.3) is 0 Å². The van der Waals surface area contributed by atoms with Crippen molar-refractivity contribution in [2.45, 2.75) is 39.8 Å². The monoisotopic (exact) mass is 365 g/mol. The zero-order chi connectivity index (χ0) is 19.5. The number of methoxy groups -OCH3 is 2. The third-order valence-corrected chi connectivity index (χ3v) is 4.31. The molecule has 148 valence electrons. The molecular formula is C20H35N3O3. The second-order valence-corrected chi connectivity index (χ2v) is 6.53. The number of rotatable bonds is 10.